The normalized spacial score (nSPS) is 10.9. The van der Waals surface area contributed by atoms with E-state index in [9.17, 15) is 14.0 Å². The molecule has 4 aromatic rings. The molecule has 0 saturated carbocycles. The van der Waals surface area contributed by atoms with E-state index < -0.39 is 0 Å². The number of hydrogen-bond donors (Lipinski definition) is 1. The maximum atomic E-state index is 13.8. The first-order valence-corrected chi connectivity index (χ1v) is 11.2. The number of carbonyl (C=O) groups excluding carboxylic acids is 2. The van der Waals surface area contributed by atoms with Gasteiger partial charge in [0.25, 0.3) is 5.91 Å². The molecule has 0 aliphatic rings. The van der Waals surface area contributed by atoms with Crippen LogP contribution >= 0.6 is 0 Å². The fourth-order valence-corrected chi connectivity index (χ4v) is 3.58. The average molecular weight is 469 g/mol. The molecule has 6 heteroatoms. The van der Waals surface area contributed by atoms with Gasteiger partial charge in [0.2, 0.25) is 5.91 Å². The zero-order valence-corrected chi connectivity index (χ0v) is 19.1. The Morgan fingerprint density at radius 3 is 2.40 bits per heavy atom. The molecule has 0 atom stereocenters. The highest BCUT2D eigenvalue weighted by molar-refractivity contribution is 6.03. The Morgan fingerprint density at radius 2 is 1.69 bits per heavy atom. The molecule has 0 bridgehead atoms. The smallest absolute Gasteiger partial charge is 0.251 e. The molecule has 0 fully saturated rings. The molecule has 0 aliphatic carbocycles. The van der Waals surface area contributed by atoms with E-state index in [1.807, 2.05) is 42.5 Å². The Balaban J connectivity index is 1.48. The number of rotatable bonds is 9. The molecule has 1 heterocycles. The fraction of sp³-hybridized carbons (Fsp3) is 0.103. The summed E-state index contributed by atoms with van der Waals surface area (Å²) in [7, 11) is 0. The van der Waals surface area contributed by atoms with E-state index in [0.29, 0.717) is 23.6 Å². The van der Waals surface area contributed by atoms with Gasteiger partial charge in [0.15, 0.2) is 0 Å². The van der Waals surface area contributed by atoms with Gasteiger partial charge in [-0.05, 0) is 59.2 Å². The lowest BCUT2D eigenvalue weighted by Crippen LogP contribution is -2.29. The maximum absolute atomic E-state index is 13.8. The summed E-state index contributed by atoms with van der Waals surface area (Å²) in [6, 6.07) is 26.5. The van der Waals surface area contributed by atoms with Gasteiger partial charge in [-0.2, -0.15) is 0 Å². The molecule has 4 rings (SSSR count). The van der Waals surface area contributed by atoms with Crippen LogP contribution in [0.3, 0.4) is 0 Å². The molecule has 0 radical (unpaired) electrons. The van der Waals surface area contributed by atoms with Gasteiger partial charge in [-0.25, -0.2) is 4.39 Å². The highest BCUT2D eigenvalue weighted by Gasteiger charge is 2.15. The predicted molar refractivity (Wildman–Crippen MR) is 134 cm³/mol. The Hall–Kier alpha value is -4.45. The van der Waals surface area contributed by atoms with E-state index in [-0.39, 0.29) is 30.6 Å². The molecule has 0 aliphatic heterocycles. The third-order valence-electron chi connectivity index (χ3n) is 5.37. The quantitative estimate of drug-likeness (QED) is 0.329. The number of amides is 2. The van der Waals surface area contributed by atoms with Crippen molar-refractivity contribution in [3.8, 4) is 0 Å². The van der Waals surface area contributed by atoms with Gasteiger partial charge in [-0.15, -0.1) is 0 Å². The molecule has 0 saturated heterocycles. The summed E-state index contributed by atoms with van der Waals surface area (Å²) in [5.74, 6) is -0.0379. The van der Waals surface area contributed by atoms with Gasteiger partial charge in [-0.1, -0.05) is 54.6 Å². The van der Waals surface area contributed by atoms with Crippen molar-refractivity contribution in [2.24, 2.45) is 0 Å². The summed E-state index contributed by atoms with van der Waals surface area (Å²) in [5, 5.41) is 2.82. The lowest BCUT2D eigenvalue weighted by Gasteiger charge is -2.22. The van der Waals surface area contributed by atoms with Crippen LogP contribution in [0.5, 0.6) is 0 Å². The minimum atomic E-state index is -0.356. The first-order valence-electron chi connectivity index (χ1n) is 11.2. The number of nitrogens with zero attached hydrogens (tertiary/aromatic N) is 1. The van der Waals surface area contributed by atoms with Crippen molar-refractivity contribution in [1.29, 1.82) is 0 Å². The second-order valence-electron chi connectivity index (χ2n) is 8.00. The van der Waals surface area contributed by atoms with Crippen LogP contribution in [0.1, 0.15) is 22.5 Å². The second-order valence-corrected chi connectivity index (χ2v) is 8.00. The molecular weight excluding hydrogens is 443 g/mol. The van der Waals surface area contributed by atoms with Crippen molar-refractivity contribution in [2.45, 2.75) is 19.5 Å². The number of benzene rings is 3. The molecule has 5 nitrogen and oxygen atoms in total. The highest BCUT2D eigenvalue weighted by atomic mass is 19.1. The summed E-state index contributed by atoms with van der Waals surface area (Å²) in [4.78, 5) is 27.0. The first kappa shape index (κ1) is 23.7. The molecule has 1 N–H and O–H groups in total. The van der Waals surface area contributed by atoms with Gasteiger partial charge in [0, 0.05) is 11.8 Å². The summed E-state index contributed by atoms with van der Waals surface area (Å²) in [6.45, 7) is 0.534. The minimum absolute atomic E-state index is 0.132. The van der Waals surface area contributed by atoms with Gasteiger partial charge < -0.3 is 14.6 Å². The molecular formula is C29H25FN2O3. The SMILES string of the molecule is O=C(Cc1ccc(N(Cc2cccc(F)c2)C(=O)/C=C/c2ccccc2)cc1)NCc1ccco1. The van der Waals surface area contributed by atoms with Crippen LogP contribution in [0.25, 0.3) is 6.08 Å². The number of nitrogens with one attached hydrogen (secondary N) is 1. The third-order valence-corrected chi connectivity index (χ3v) is 5.37. The van der Waals surface area contributed by atoms with Crippen LogP contribution in [0.15, 0.2) is 108 Å². The van der Waals surface area contributed by atoms with Crippen LogP contribution in [-0.4, -0.2) is 11.8 Å². The number of furan rings is 1. The van der Waals surface area contributed by atoms with Crippen molar-refractivity contribution in [2.75, 3.05) is 4.90 Å². The van der Waals surface area contributed by atoms with Crippen LogP contribution in [0.4, 0.5) is 10.1 Å². The second kappa shape index (κ2) is 11.6. The summed E-state index contributed by atoms with van der Waals surface area (Å²) in [5.41, 5.74) is 3.04. The lowest BCUT2D eigenvalue weighted by molar-refractivity contribution is -0.120. The van der Waals surface area contributed by atoms with Gasteiger partial charge >= 0.3 is 0 Å². The van der Waals surface area contributed by atoms with E-state index in [0.717, 1.165) is 11.1 Å². The topological polar surface area (TPSA) is 62.6 Å². The molecule has 1 aromatic heterocycles. The number of hydrogen-bond acceptors (Lipinski definition) is 3. The van der Waals surface area contributed by atoms with Crippen LogP contribution < -0.4 is 10.2 Å². The van der Waals surface area contributed by atoms with Crippen molar-refractivity contribution < 1.29 is 18.4 Å². The van der Waals surface area contributed by atoms with E-state index in [4.69, 9.17) is 4.42 Å². The van der Waals surface area contributed by atoms with Crippen molar-refractivity contribution in [3.05, 3.63) is 132 Å². The van der Waals surface area contributed by atoms with Gasteiger partial charge in [0.1, 0.15) is 11.6 Å². The van der Waals surface area contributed by atoms with E-state index in [1.54, 1.807) is 53.6 Å². The Kier molecular flexibility index (Phi) is 7.86. The summed E-state index contributed by atoms with van der Waals surface area (Å²) < 4.78 is 19.0. The highest BCUT2D eigenvalue weighted by Crippen LogP contribution is 2.20. The van der Waals surface area contributed by atoms with Crippen LogP contribution in [0.2, 0.25) is 0 Å². The molecule has 176 valence electrons. The largest absolute Gasteiger partial charge is 0.467 e. The molecule has 35 heavy (non-hydrogen) atoms. The lowest BCUT2D eigenvalue weighted by atomic mass is 10.1. The fourth-order valence-electron chi connectivity index (χ4n) is 3.58. The number of carbonyl (C=O) groups is 2. The molecule has 0 unspecified atom stereocenters. The standard InChI is InChI=1S/C29H25FN2O3/c30-25-9-4-8-24(18-25)21-32(29(34)16-13-22-6-2-1-3-7-22)26-14-11-23(12-15-26)19-28(33)31-20-27-10-5-17-35-27/h1-18H,19-21H2,(H,31,33)/b16-13+. The zero-order chi connectivity index (χ0) is 24.5. The van der Waals surface area contributed by atoms with Crippen LogP contribution in [-0.2, 0) is 29.1 Å². The predicted octanol–water partition coefficient (Wildman–Crippen LogP) is 5.52. The van der Waals surface area contributed by atoms with E-state index in [2.05, 4.69) is 5.32 Å². The molecule has 2 amide bonds. The van der Waals surface area contributed by atoms with Gasteiger partial charge in [-0.3, -0.25) is 9.59 Å². The average Bonchev–Trinajstić information content (AvgIpc) is 3.40. The van der Waals surface area contributed by atoms with Gasteiger partial charge in [0.05, 0.1) is 25.8 Å². The minimum Gasteiger partial charge on any atom is -0.467 e. The number of halogens is 1. The molecule has 3 aromatic carbocycles. The Morgan fingerprint density at radius 1 is 0.886 bits per heavy atom. The van der Waals surface area contributed by atoms with Crippen LogP contribution in [0, 0.1) is 5.82 Å². The zero-order valence-electron chi connectivity index (χ0n) is 19.1. The summed E-state index contributed by atoms with van der Waals surface area (Å²) >= 11 is 0. The van der Waals surface area contributed by atoms with Crippen molar-refractivity contribution >= 4 is 23.6 Å². The van der Waals surface area contributed by atoms with Crippen molar-refractivity contribution in [1.82, 2.24) is 5.32 Å². The maximum Gasteiger partial charge on any atom is 0.251 e. The van der Waals surface area contributed by atoms with E-state index >= 15 is 0 Å². The monoisotopic (exact) mass is 468 g/mol. The summed E-state index contributed by atoms with van der Waals surface area (Å²) in [6.07, 6.45) is 5.02. The first-order chi connectivity index (χ1) is 17.1. The van der Waals surface area contributed by atoms with E-state index in [1.165, 1.54) is 18.2 Å². The van der Waals surface area contributed by atoms with Crippen molar-refractivity contribution in [3.63, 3.8) is 0 Å². The third kappa shape index (κ3) is 7.01. The Labute approximate surface area is 203 Å². The Bertz CT molecular complexity index is 1280. The molecule has 0 spiro atoms. The number of anilines is 1.